The lowest BCUT2D eigenvalue weighted by atomic mass is 9.96. The summed E-state index contributed by atoms with van der Waals surface area (Å²) in [6, 6.07) is 0.382. The zero-order valence-electron chi connectivity index (χ0n) is 11.0. The third kappa shape index (κ3) is 3.37. The smallest absolute Gasteiger partial charge is 0.222 e. The standard InChI is InChI=1S/C13H24N4O/c14-12(18)10-5-4-8-17(9-10)13(15)16-11-6-2-1-3-7-11/h10-11H,1-9H2,(H2,14,18)(H2,15,16). The number of rotatable bonds is 2. The largest absolute Gasteiger partial charge is 0.370 e. The Labute approximate surface area is 109 Å². The molecule has 5 nitrogen and oxygen atoms in total. The van der Waals surface area contributed by atoms with Crippen LogP contribution in [-0.4, -0.2) is 35.9 Å². The number of carbonyl (C=O) groups is 1. The zero-order valence-corrected chi connectivity index (χ0v) is 11.0. The Bertz CT molecular complexity index is 323. The SMILES string of the molecule is NC(=O)C1CCCN(C(N)=NC2CCCCC2)C1. The molecule has 18 heavy (non-hydrogen) atoms. The number of likely N-dealkylation sites (tertiary alicyclic amines) is 1. The molecule has 5 heteroatoms. The molecule has 1 aliphatic carbocycles. The molecule has 1 aliphatic heterocycles. The summed E-state index contributed by atoms with van der Waals surface area (Å²) in [7, 11) is 0. The van der Waals surface area contributed by atoms with Gasteiger partial charge in [0, 0.05) is 13.1 Å². The van der Waals surface area contributed by atoms with Crippen LogP contribution >= 0.6 is 0 Å². The van der Waals surface area contributed by atoms with Crippen LogP contribution in [0.4, 0.5) is 0 Å². The van der Waals surface area contributed by atoms with Gasteiger partial charge >= 0.3 is 0 Å². The first-order valence-corrected chi connectivity index (χ1v) is 7.04. The minimum absolute atomic E-state index is 0.0705. The summed E-state index contributed by atoms with van der Waals surface area (Å²) in [6.07, 6.45) is 7.97. The molecular weight excluding hydrogens is 228 g/mol. The van der Waals surface area contributed by atoms with Gasteiger partial charge in [-0.25, -0.2) is 4.99 Å². The first-order valence-electron chi connectivity index (χ1n) is 7.04. The van der Waals surface area contributed by atoms with Gasteiger partial charge in [0.2, 0.25) is 5.91 Å². The highest BCUT2D eigenvalue weighted by molar-refractivity contribution is 5.81. The molecule has 0 spiro atoms. The fourth-order valence-electron chi connectivity index (χ4n) is 2.90. The highest BCUT2D eigenvalue weighted by Crippen LogP contribution is 2.21. The molecule has 0 bridgehead atoms. The van der Waals surface area contributed by atoms with Crippen molar-refractivity contribution in [3.63, 3.8) is 0 Å². The van der Waals surface area contributed by atoms with Crippen LogP contribution in [0.3, 0.4) is 0 Å². The number of carbonyl (C=O) groups excluding carboxylic acids is 1. The van der Waals surface area contributed by atoms with Crippen molar-refractivity contribution in [3.8, 4) is 0 Å². The Morgan fingerprint density at radius 2 is 1.78 bits per heavy atom. The van der Waals surface area contributed by atoms with E-state index in [4.69, 9.17) is 11.5 Å². The number of hydrogen-bond acceptors (Lipinski definition) is 2. The summed E-state index contributed by atoms with van der Waals surface area (Å²) in [5.74, 6) is 0.317. The fourth-order valence-corrected chi connectivity index (χ4v) is 2.90. The number of guanidine groups is 1. The van der Waals surface area contributed by atoms with E-state index in [2.05, 4.69) is 4.99 Å². The fraction of sp³-hybridized carbons (Fsp3) is 0.846. The van der Waals surface area contributed by atoms with Crippen LogP contribution in [0.5, 0.6) is 0 Å². The van der Waals surface area contributed by atoms with Crippen molar-refractivity contribution in [2.45, 2.75) is 51.0 Å². The van der Waals surface area contributed by atoms with Crippen LogP contribution in [0.1, 0.15) is 44.9 Å². The van der Waals surface area contributed by atoms with Crippen LogP contribution < -0.4 is 11.5 Å². The Morgan fingerprint density at radius 1 is 1.06 bits per heavy atom. The van der Waals surface area contributed by atoms with Crippen molar-refractivity contribution in [2.75, 3.05) is 13.1 Å². The molecule has 1 saturated heterocycles. The summed E-state index contributed by atoms with van der Waals surface area (Å²) in [5.41, 5.74) is 11.4. The van der Waals surface area contributed by atoms with Gasteiger partial charge in [-0.05, 0) is 25.7 Å². The molecule has 102 valence electrons. The number of nitrogens with zero attached hydrogens (tertiary/aromatic N) is 2. The van der Waals surface area contributed by atoms with E-state index in [1.54, 1.807) is 0 Å². The summed E-state index contributed by atoms with van der Waals surface area (Å²) in [6.45, 7) is 1.53. The molecule has 4 N–H and O–H groups in total. The highest BCUT2D eigenvalue weighted by atomic mass is 16.1. The molecular formula is C13H24N4O. The summed E-state index contributed by atoms with van der Waals surface area (Å²) in [4.78, 5) is 17.9. The van der Waals surface area contributed by atoms with Gasteiger partial charge in [-0.1, -0.05) is 19.3 Å². The second-order valence-corrected chi connectivity index (χ2v) is 5.47. The number of hydrogen-bond donors (Lipinski definition) is 2. The summed E-state index contributed by atoms with van der Waals surface area (Å²) >= 11 is 0. The first kappa shape index (κ1) is 13.2. The molecule has 1 amide bonds. The lowest BCUT2D eigenvalue weighted by Crippen LogP contribution is -2.47. The van der Waals surface area contributed by atoms with Crippen molar-refractivity contribution >= 4 is 11.9 Å². The average molecular weight is 252 g/mol. The number of piperidine rings is 1. The van der Waals surface area contributed by atoms with E-state index < -0.39 is 0 Å². The van der Waals surface area contributed by atoms with Gasteiger partial charge in [0.15, 0.2) is 5.96 Å². The van der Waals surface area contributed by atoms with Crippen LogP contribution in [-0.2, 0) is 4.79 Å². The van der Waals surface area contributed by atoms with E-state index in [1.165, 1.54) is 19.3 Å². The molecule has 1 heterocycles. The van der Waals surface area contributed by atoms with Gasteiger partial charge in [-0.15, -0.1) is 0 Å². The number of amides is 1. The van der Waals surface area contributed by atoms with Gasteiger partial charge in [0.1, 0.15) is 0 Å². The summed E-state index contributed by atoms with van der Waals surface area (Å²) in [5, 5.41) is 0. The van der Waals surface area contributed by atoms with Gasteiger partial charge in [-0.3, -0.25) is 4.79 Å². The van der Waals surface area contributed by atoms with Crippen molar-refractivity contribution < 1.29 is 4.79 Å². The second-order valence-electron chi connectivity index (χ2n) is 5.47. The Hall–Kier alpha value is -1.26. The van der Waals surface area contributed by atoms with Gasteiger partial charge in [0.25, 0.3) is 0 Å². The first-order chi connectivity index (χ1) is 8.66. The molecule has 0 aromatic carbocycles. The quantitative estimate of drug-likeness (QED) is 0.564. The maximum atomic E-state index is 11.2. The monoisotopic (exact) mass is 252 g/mol. The van der Waals surface area contributed by atoms with Crippen molar-refractivity contribution in [2.24, 2.45) is 22.4 Å². The minimum atomic E-state index is -0.217. The van der Waals surface area contributed by atoms with E-state index in [0.717, 1.165) is 32.2 Å². The van der Waals surface area contributed by atoms with E-state index in [0.29, 0.717) is 18.5 Å². The van der Waals surface area contributed by atoms with E-state index in [1.807, 2.05) is 4.90 Å². The van der Waals surface area contributed by atoms with E-state index >= 15 is 0 Å². The maximum Gasteiger partial charge on any atom is 0.222 e. The van der Waals surface area contributed by atoms with E-state index in [9.17, 15) is 4.79 Å². The average Bonchev–Trinajstić information content (AvgIpc) is 2.40. The Morgan fingerprint density at radius 3 is 2.44 bits per heavy atom. The predicted molar refractivity (Wildman–Crippen MR) is 72.0 cm³/mol. The number of aliphatic imine (C=N–C) groups is 1. The van der Waals surface area contributed by atoms with Crippen LogP contribution in [0.2, 0.25) is 0 Å². The topological polar surface area (TPSA) is 84.7 Å². The molecule has 2 aliphatic rings. The molecule has 1 unspecified atom stereocenters. The third-order valence-electron chi connectivity index (χ3n) is 4.04. The molecule has 0 aromatic rings. The Balaban J connectivity index is 1.92. The van der Waals surface area contributed by atoms with Gasteiger partial charge in [-0.2, -0.15) is 0 Å². The summed E-state index contributed by atoms with van der Waals surface area (Å²) < 4.78 is 0. The third-order valence-corrected chi connectivity index (χ3v) is 4.04. The number of nitrogens with two attached hydrogens (primary N) is 2. The Kier molecular flexibility index (Phi) is 4.44. The molecule has 0 aromatic heterocycles. The van der Waals surface area contributed by atoms with Crippen molar-refractivity contribution in [1.82, 2.24) is 4.90 Å². The van der Waals surface area contributed by atoms with Crippen molar-refractivity contribution in [1.29, 1.82) is 0 Å². The second kappa shape index (κ2) is 6.07. The lowest BCUT2D eigenvalue weighted by Gasteiger charge is -2.32. The molecule has 2 fully saturated rings. The van der Waals surface area contributed by atoms with Gasteiger partial charge in [0.05, 0.1) is 12.0 Å². The van der Waals surface area contributed by atoms with Crippen LogP contribution in [0.25, 0.3) is 0 Å². The normalized spacial score (nSPS) is 27.2. The lowest BCUT2D eigenvalue weighted by molar-refractivity contribution is -0.122. The van der Waals surface area contributed by atoms with Gasteiger partial charge < -0.3 is 16.4 Å². The molecule has 2 rings (SSSR count). The van der Waals surface area contributed by atoms with Crippen LogP contribution in [0, 0.1) is 5.92 Å². The predicted octanol–water partition coefficient (Wildman–Crippen LogP) is 0.831. The minimum Gasteiger partial charge on any atom is -0.370 e. The molecule has 0 radical (unpaired) electrons. The molecule has 1 saturated carbocycles. The van der Waals surface area contributed by atoms with E-state index in [-0.39, 0.29) is 11.8 Å². The van der Waals surface area contributed by atoms with Crippen LogP contribution in [0.15, 0.2) is 4.99 Å². The number of primary amides is 1. The van der Waals surface area contributed by atoms with Crippen molar-refractivity contribution in [3.05, 3.63) is 0 Å². The molecule has 1 atom stereocenters. The maximum absolute atomic E-state index is 11.2. The highest BCUT2D eigenvalue weighted by Gasteiger charge is 2.25. The zero-order chi connectivity index (χ0) is 13.0.